The summed E-state index contributed by atoms with van der Waals surface area (Å²) < 4.78 is 79.6. The quantitative estimate of drug-likeness (QED) is 0.723. The minimum Gasteiger partial charge on any atom is -0.260 e. The molecular weight excluding hydrogens is 372 g/mol. The van der Waals surface area contributed by atoms with E-state index < -0.39 is 38.5 Å². The average molecular weight is 388 g/mol. The number of rotatable bonds is 5. The maximum absolute atomic E-state index is 13.5. The van der Waals surface area contributed by atoms with Crippen LogP contribution >= 0.6 is 0 Å². The summed E-state index contributed by atoms with van der Waals surface area (Å²) in [6, 6.07) is 5.82. The first-order valence-electron chi connectivity index (χ1n) is 7.93. The number of hydrogen-bond donors (Lipinski definition) is 0. The van der Waals surface area contributed by atoms with Crippen LogP contribution in [0, 0.1) is 5.82 Å². The molecule has 1 fully saturated rings. The Kier molecular flexibility index (Phi) is 4.78. The lowest BCUT2D eigenvalue weighted by atomic mass is 10.2. The van der Waals surface area contributed by atoms with Crippen LogP contribution < -0.4 is 0 Å². The molecule has 0 radical (unpaired) electrons. The van der Waals surface area contributed by atoms with Crippen molar-refractivity contribution in [3.63, 3.8) is 0 Å². The van der Waals surface area contributed by atoms with E-state index in [9.17, 15) is 26.0 Å². The third kappa shape index (κ3) is 3.59. The van der Waals surface area contributed by atoms with E-state index in [1.54, 1.807) is 25.1 Å². The van der Waals surface area contributed by atoms with Crippen molar-refractivity contribution in [1.82, 2.24) is 9.29 Å². The van der Waals surface area contributed by atoms with Gasteiger partial charge in [-0.3, -0.25) is 4.98 Å². The van der Waals surface area contributed by atoms with E-state index in [4.69, 9.17) is 0 Å². The standard InChI is InChI=1S/C17H16F4N2O2S/c1-11(16-4-2-3-9-22-16)23(12-5-6-12)26(24,25)13-7-8-15(18)14(10-13)17(19,20)21/h2-4,7-12H,5-6H2,1H3/t11-/m0/s1. The Balaban J connectivity index is 2.05. The third-order valence-corrected chi connectivity index (χ3v) is 6.24. The highest BCUT2D eigenvalue weighted by Gasteiger charge is 2.43. The van der Waals surface area contributed by atoms with Crippen molar-refractivity contribution in [3.8, 4) is 0 Å². The van der Waals surface area contributed by atoms with Crippen molar-refractivity contribution >= 4 is 10.0 Å². The Morgan fingerprint density at radius 2 is 1.88 bits per heavy atom. The summed E-state index contributed by atoms with van der Waals surface area (Å²) in [4.78, 5) is 3.56. The SMILES string of the molecule is C[C@@H](c1ccccn1)N(C1CC1)S(=O)(=O)c1ccc(F)c(C(F)(F)F)c1. The molecule has 0 aliphatic heterocycles. The fourth-order valence-corrected chi connectivity index (χ4v) is 4.68. The van der Waals surface area contributed by atoms with E-state index in [-0.39, 0.29) is 6.04 Å². The number of alkyl halides is 3. The van der Waals surface area contributed by atoms with Crippen LogP contribution in [0.3, 0.4) is 0 Å². The van der Waals surface area contributed by atoms with Crippen molar-refractivity contribution in [2.45, 2.75) is 42.9 Å². The monoisotopic (exact) mass is 388 g/mol. The largest absolute Gasteiger partial charge is 0.419 e. The zero-order valence-corrected chi connectivity index (χ0v) is 14.6. The van der Waals surface area contributed by atoms with Gasteiger partial charge >= 0.3 is 6.18 Å². The van der Waals surface area contributed by atoms with E-state index in [0.717, 1.165) is 6.07 Å². The molecule has 4 nitrogen and oxygen atoms in total. The number of aromatic nitrogens is 1. The van der Waals surface area contributed by atoms with Crippen LogP contribution in [0.4, 0.5) is 17.6 Å². The molecule has 0 spiro atoms. The van der Waals surface area contributed by atoms with E-state index in [2.05, 4.69) is 4.98 Å². The summed E-state index contributed by atoms with van der Waals surface area (Å²) in [5.74, 6) is -1.51. The summed E-state index contributed by atoms with van der Waals surface area (Å²) >= 11 is 0. The molecule has 0 N–H and O–H groups in total. The van der Waals surface area contributed by atoms with Gasteiger partial charge in [0, 0.05) is 12.2 Å². The Labute approximate surface area is 148 Å². The van der Waals surface area contributed by atoms with Gasteiger partial charge in [-0.05, 0) is 50.1 Å². The summed E-state index contributed by atoms with van der Waals surface area (Å²) in [6.45, 7) is 1.63. The zero-order valence-electron chi connectivity index (χ0n) is 13.7. The van der Waals surface area contributed by atoms with Crippen molar-refractivity contribution in [2.75, 3.05) is 0 Å². The van der Waals surface area contributed by atoms with Gasteiger partial charge in [-0.1, -0.05) is 6.07 Å². The second kappa shape index (κ2) is 6.62. The molecule has 1 saturated carbocycles. The number of sulfonamides is 1. The van der Waals surface area contributed by atoms with Gasteiger partial charge in [0.15, 0.2) is 0 Å². The smallest absolute Gasteiger partial charge is 0.260 e. The van der Waals surface area contributed by atoms with Crippen LogP contribution in [0.15, 0.2) is 47.5 Å². The van der Waals surface area contributed by atoms with Crippen LogP contribution in [0.25, 0.3) is 0 Å². The minimum absolute atomic E-state index is 0.309. The van der Waals surface area contributed by atoms with Crippen LogP contribution in [0.1, 0.15) is 37.1 Å². The predicted molar refractivity (Wildman–Crippen MR) is 86.1 cm³/mol. The third-order valence-electron chi connectivity index (χ3n) is 4.22. The highest BCUT2D eigenvalue weighted by Crippen LogP contribution is 2.40. The first-order chi connectivity index (χ1) is 12.1. The molecule has 1 aliphatic carbocycles. The molecule has 9 heteroatoms. The first kappa shape index (κ1) is 18.8. The van der Waals surface area contributed by atoms with Gasteiger partial charge in [-0.2, -0.15) is 17.5 Å². The predicted octanol–water partition coefficient (Wildman–Crippen LogP) is 4.15. The van der Waals surface area contributed by atoms with Gasteiger partial charge in [-0.15, -0.1) is 0 Å². The molecule has 26 heavy (non-hydrogen) atoms. The summed E-state index contributed by atoms with van der Waals surface area (Å²) in [5.41, 5.74) is -1.11. The van der Waals surface area contributed by atoms with Crippen molar-refractivity contribution in [2.24, 2.45) is 0 Å². The van der Waals surface area contributed by atoms with Crippen molar-refractivity contribution in [3.05, 3.63) is 59.7 Å². The number of hydrogen-bond acceptors (Lipinski definition) is 3. The van der Waals surface area contributed by atoms with Crippen LogP contribution in [-0.2, 0) is 16.2 Å². The molecular formula is C17H16F4N2O2S. The van der Waals surface area contributed by atoms with E-state index in [0.29, 0.717) is 30.7 Å². The Hall–Kier alpha value is -2.00. The fourth-order valence-electron chi connectivity index (χ4n) is 2.81. The molecule has 1 atom stereocenters. The Bertz CT molecular complexity index is 897. The molecule has 3 rings (SSSR count). The molecule has 140 valence electrons. The molecule has 2 aromatic rings. The lowest BCUT2D eigenvalue weighted by Crippen LogP contribution is -2.36. The van der Waals surface area contributed by atoms with E-state index in [1.807, 2.05) is 0 Å². The normalized spacial score (nSPS) is 16.7. The zero-order chi connectivity index (χ0) is 19.1. The van der Waals surface area contributed by atoms with E-state index >= 15 is 0 Å². The summed E-state index contributed by atoms with van der Waals surface area (Å²) in [7, 11) is -4.26. The van der Waals surface area contributed by atoms with Gasteiger partial charge in [0.05, 0.1) is 22.2 Å². The first-order valence-corrected chi connectivity index (χ1v) is 9.37. The van der Waals surface area contributed by atoms with Gasteiger partial charge in [0.25, 0.3) is 0 Å². The van der Waals surface area contributed by atoms with Gasteiger partial charge in [0.1, 0.15) is 5.82 Å². The molecule has 1 aromatic heterocycles. The Morgan fingerprint density at radius 1 is 1.19 bits per heavy atom. The molecule has 0 saturated heterocycles. The Morgan fingerprint density at radius 3 is 2.42 bits per heavy atom. The van der Waals surface area contributed by atoms with Crippen LogP contribution in [0.2, 0.25) is 0 Å². The molecule has 0 bridgehead atoms. The minimum atomic E-state index is -4.98. The highest BCUT2D eigenvalue weighted by molar-refractivity contribution is 7.89. The molecule has 0 unspecified atom stereocenters. The molecule has 1 heterocycles. The molecule has 1 aliphatic rings. The molecule has 1 aromatic carbocycles. The average Bonchev–Trinajstić information content (AvgIpc) is 3.39. The number of pyridine rings is 1. The van der Waals surface area contributed by atoms with Gasteiger partial charge in [-0.25, -0.2) is 12.8 Å². The van der Waals surface area contributed by atoms with Crippen molar-refractivity contribution in [1.29, 1.82) is 0 Å². The second-order valence-corrected chi connectivity index (χ2v) is 7.98. The topological polar surface area (TPSA) is 50.3 Å². The van der Waals surface area contributed by atoms with Gasteiger partial charge < -0.3 is 0 Å². The lowest BCUT2D eigenvalue weighted by Gasteiger charge is -2.28. The van der Waals surface area contributed by atoms with Crippen LogP contribution in [-0.4, -0.2) is 23.7 Å². The van der Waals surface area contributed by atoms with Crippen LogP contribution in [0.5, 0.6) is 0 Å². The second-order valence-electron chi connectivity index (χ2n) is 6.14. The fraction of sp³-hybridized carbons (Fsp3) is 0.353. The number of benzene rings is 1. The number of nitrogens with zero attached hydrogens (tertiary/aromatic N) is 2. The van der Waals surface area contributed by atoms with Gasteiger partial charge in [0.2, 0.25) is 10.0 Å². The molecule has 0 amide bonds. The number of halogens is 4. The maximum atomic E-state index is 13.5. The van der Waals surface area contributed by atoms with E-state index in [1.165, 1.54) is 10.5 Å². The summed E-state index contributed by atoms with van der Waals surface area (Å²) in [5, 5.41) is 0. The maximum Gasteiger partial charge on any atom is 0.419 e. The lowest BCUT2D eigenvalue weighted by molar-refractivity contribution is -0.140. The highest BCUT2D eigenvalue weighted by atomic mass is 32.2. The summed E-state index contributed by atoms with van der Waals surface area (Å²) in [6.07, 6.45) is -2.23. The van der Waals surface area contributed by atoms with Crippen molar-refractivity contribution < 1.29 is 26.0 Å².